The third-order valence-corrected chi connectivity index (χ3v) is 6.15. The summed E-state index contributed by atoms with van der Waals surface area (Å²) in [5.74, 6) is -2.29. The van der Waals surface area contributed by atoms with Crippen molar-refractivity contribution in [2.45, 2.75) is 58.1 Å². The van der Waals surface area contributed by atoms with Crippen molar-refractivity contribution in [2.24, 2.45) is 7.05 Å². The predicted octanol–water partition coefficient (Wildman–Crippen LogP) is 3.03. The number of Topliss-reactive ketones (excluding diaryl/α,β-unsaturated/α-hetero) is 1. The summed E-state index contributed by atoms with van der Waals surface area (Å²) >= 11 is 0. The molecule has 8 heteroatoms. The molecule has 1 aromatic carbocycles. The van der Waals surface area contributed by atoms with Gasteiger partial charge in [0, 0.05) is 24.0 Å². The van der Waals surface area contributed by atoms with E-state index in [2.05, 4.69) is 10.6 Å². The van der Waals surface area contributed by atoms with Crippen LogP contribution in [0.5, 0.6) is 0 Å². The number of amides is 2. The van der Waals surface area contributed by atoms with Crippen molar-refractivity contribution in [3.8, 4) is 0 Å². The summed E-state index contributed by atoms with van der Waals surface area (Å²) in [5, 5.41) is 15.2. The molecule has 0 spiro atoms. The number of benzene rings is 1. The number of halogens is 1. The van der Waals surface area contributed by atoms with Crippen molar-refractivity contribution >= 4 is 23.3 Å². The molecule has 1 aliphatic rings. The molecule has 1 fully saturated rings. The third kappa shape index (κ3) is 4.69. The largest absolute Gasteiger partial charge is 0.393 e. The molecule has 31 heavy (non-hydrogen) atoms. The van der Waals surface area contributed by atoms with Gasteiger partial charge in [-0.25, -0.2) is 4.39 Å². The number of anilines is 1. The lowest BCUT2D eigenvalue weighted by atomic mass is 9.82. The van der Waals surface area contributed by atoms with Crippen LogP contribution < -0.4 is 10.6 Å². The van der Waals surface area contributed by atoms with Gasteiger partial charge in [-0.15, -0.1) is 0 Å². The van der Waals surface area contributed by atoms with Gasteiger partial charge in [0.25, 0.3) is 17.6 Å². The maximum absolute atomic E-state index is 13.1. The molecule has 0 unspecified atom stereocenters. The van der Waals surface area contributed by atoms with Crippen molar-refractivity contribution < 1.29 is 23.9 Å². The van der Waals surface area contributed by atoms with Gasteiger partial charge in [0.15, 0.2) is 0 Å². The van der Waals surface area contributed by atoms with Crippen LogP contribution in [0.25, 0.3) is 0 Å². The summed E-state index contributed by atoms with van der Waals surface area (Å²) in [4.78, 5) is 38.6. The minimum atomic E-state index is -0.729. The lowest BCUT2D eigenvalue weighted by Crippen LogP contribution is -2.51. The highest BCUT2D eigenvalue weighted by molar-refractivity contribution is 6.43. The first-order chi connectivity index (χ1) is 14.5. The standard InChI is InChI=1S/C23H28FN3O4/c1-13-18(21(30)25-16-7-5-15(24)6-8-16)14(2)27(4)19(13)20(29)22(31)26-23(3)11-9-17(28)10-12-23/h5-8,17,28H,9-12H2,1-4H3,(H,25,30)(H,26,31). The van der Waals surface area contributed by atoms with Gasteiger partial charge in [-0.05, 0) is 76.3 Å². The van der Waals surface area contributed by atoms with Crippen molar-refractivity contribution in [1.82, 2.24) is 9.88 Å². The third-order valence-electron chi connectivity index (χ3n) is 6.15. The number of rotatable bonds is 5. The van der Waals surface area contributed by atoms with E-state index in [0.717, 1.165) is 0 Å². The Balaban J connectivity index is 1.82. The van der Waals surface area contributed by atoms with E-state index >= 15 is 0 Å². The average Bonchev–Trinajstić information content (AvgIpc) is 2.94. The van der Waals surface area contributed by atoms with E-state index in [4.69, 9.17) is 0 Å². The fraction of sp³-hybridized carbons (Fsp3) is 0.435. The lowest BCUT2D eigenvalue weighted by Gasteiger charge is -2.36. The molecule has 1 heterocycles. The van der Waals surface area contributed by atoms with E-state index in [9.17, 15) is 23.9 Å². The zero-order chi connectivity index (χ0) is 22.9. The van der Waals surface area contributed by atoms with E-state index in [1.165, 1.54) is 24.3 Å². The van der Waals surface area contributed by atoms with Crippen LogP contribution in [0.2, 0.25) is 0 Å². The highest BCUT2D eigenvalue weighted by Gasteiger charge is 2.35. The first kappa shape index (κ1) is 22.7. The van der Waals surface area contributed by atoms with Crippen molar-refractivity contribution in [1.29, 1.82) is 0 Å². The maximum Gasteiger partial charge on any atom is 0.294 e. The number of nitrogens with zero attached hydrogens (tertiary/aromatic N) is 1. The molecule has 1 aliphatic carbocycles. The Hall–Kier alpha value is -3.00. The van der Waals surface area contributed by atoms with Crippen LogP contribution in [0.1, 0.15) is 64.7 Å². The number of aromatic nitrogens is 1. The van der Waals surface area contributed by atoms with Crippen molar-refractivity contribution in [3.05, 3.63) is 52.6 Å². The van der Waals surface area contributed by atoms with Crippen LogP contribution >= 0.6 is 0 Å². The second-order valence-electron chi connectivity index (χ2n) is 8.53. The number of ketones is 1. The number of nitrogens with one attached hydrogen (secondary N) is 2. The van der Waals surface area contributed by atoms with Crippen LogP contribution in [0.3, 0.4) is 0 Å². The van der Waals surface area contributed by atoms with Crippen LogP contribution in [0.4, 0.5) is 10.1 Å². The minimum absolute atomic E-state index is 0.152. The molecule has 1 aromatic heterocycles. The number of hydrogen-bond acceptors (Lipinski definition) is 4. The average molecular weight is 429 g/mol. The Morgan fingerprint density at radius 1 is 1.13 bits per heavy atom. The molecular weight excluding hydrogens is 401 g/mol. The van der Waals surface area contributed by atoms with Gasteiger partial charge < -0.3 is 20.3 Å². The first-order valence-electron chi connectivity index (χ1n) is 10.3. The molecule has 2 amide bonds. The zero-order valence-electron chi connectivity index (χ0n) is 18.2. The minimum Gasteiger partial charge on any atom is -0.393 e. The summed E-state index contributed by atoms with van der Waals surface area (Å²) in [6.07, 6.45) is 1.94. The molecule has 0 radical (unpaired) electrons. The van der Waals surface area contributed by atoms with Crippen LogP contribution in [0, 0.1) is 19.7 Å². The number of hydrogen-bond donors (Lipinski definition) is 3. The molecule has 7 nitrogen and oxygen atoms in total. The van der Waals surface area contributed by atoms with Gasteiger partial charge >= 0.3 is 0 Å². The monoisotopic (exact) mass is 429 g/mol. The molecule has 0 atom stereocenters. The van der Waals surface area contributed by atoms with E-state index in [1.54, 1.807) is 25.5 Å². The van der Waals surface area contributed by atoms with Gasteiger partial charge in [-0.3, -0.25) is 14.4 Å². The normalized spacial score (nSPS) is 20.9. The Labute approximate surface area is 180 Å². The second-order valence-corrected chi connectivity index (χ2v) is 8.53. The molecule has 3 N–H and O–H groups in total. The van der Waals surface area contributed by atoms with E-state index in [1.807, 2.05) is 6.92 Å². The molecule has 0 aliphatic heterocycles. The maximum atomic E-state index is 13.1. The number of aliphatic hydroxyl groups excluding tert-OH is 1. The summed E-state index contributed by atoms with van der Waals surface area (Å²) in [6, 6.07) is 5.37. The molecule has 1 saturated carbocycles. The van der Waals surface area contributed by atoms with Gasteiger partial charge in [0.2, 0.25) is 0 Å². The Kier molecular flexibility index (Phi) is 6.31. The van der Waals surface area contributed by atoms with Gasteiger partial charge in [0.05, 0.1) is 17.4 Å². The number of carbonyl (C=O) groups is 3. The van der Waals surface area contributed by atoms with Gasteiger partial charge in [0.1, 0.15) is 5.82 Å². The van der Waals surface area contributed by atoms with E-state index in [-0.39, 0.29) is 11.8 Å². The predicted molar refractivity (Wildman–Crippen MR) is 115 cm³/mol. The fourth-order valence-electron chi connectivity index (χ4n) is 4.16. The SMILES string of the molecule is Cc1c(C(=O)Nc2ccc(F)cc2)c(C)n(C)c1C(=O)C(=O)NC1(C)CCC(O)CC1. The molecule has 3 rings (SSSR count). The van der Waals surface area contributed by atoms with Crippen molar-refractivity contribution in [2.75, 3.05) is 5.32 Å². The quantitative estimate of drug-likeness (QED) is 0.502. The Morgan fingerprint density at radius 3 is 2.29 bits per heavy atom. The summed E-state index contributed by atoms with van der Waals surface area (Å²) in [6.45, 7) is 5.20. The second kappa shape index (κ2) is 8.63. The molecule has 2 aromatic rings. The summed E-state index contributed by atoms with van der Waals surface area (Å²) in [5.41, 5.74) is 1.27. The fourth-order valence-corrected chi connectivity index (χ4v) is 4.16. The number of carbonyl (C=O) groups excluding carboxylic acids is 3. The molecule has 166 valence electrons. The smallest absolute Gasteiger partial charge is 0.294 e. The van der Waals surface area contributed by atoms with Crippen LogP contribution in [0.15, 0.2) is 24.3 Å². The van der Waals surface area contributed by atoms with Gasteiger partial charge in [-0.2, -0.15) is 0 Å². The molecular formula is C23H28FN3O4. The van der Waals surface area contributed by atoms with Crippen LogP contribution in [-0.2, 0) is 11.8 Å². The zero-order valence-corrected chi connectivity index (χ0v) is 18.2. The number of aliphatic hydroxyl groups is 1. The molecule has 0 saturated heterocycles. The summed E-state index contributed by atoms with van der Waals surface area (Å²) < 4.78 is 14.7. The molecule has 0 bridgehead atoms. The Morgan fingerprint density at radius 2 is 1.71 bits per heavy atom. The van der Waals surface area contributed by atoms with Gasteiger partial charge in [-0.1, -0.05) is 0 Å². The van der Waals surface area contributed by atoms with E-state index < -0.39 is 29.0 Å². The van der Waals surface area contributed by atoms with Crippen molar-refractivity contribution in [3.63, 3.8) is 0 Å². The summed E-state index contributed by atoms with van der Waals surface area (Å²) in [7, 11) is 1.64. The topological polar surface area (TPSA) is 100 Å². The van der Waals surface area contributed by atoms with Crippen LogP contribution in [-0.4, -0.2) is 38.9 Å². The first-order valence-corrected chi connectivity index (χ1v) is 10.3. The van der Waals surface area contributed by atoms with E-state index in [0.29, 0.717) is 48.2 Å². The highest BCUT2D eigenvalue weighted by atomic mass is 19.1. The lowest BCUT2D eigenvalue weighted by molar-refractivity contribution is -0.119. The highest BCUT2D eigenvalue weighted by Crippen LogP contribution is 2.29. The Bertz CT molecular complexity index is 1020.